The number of aromatic nitrogens is 2. The molecule has 1 amide bonds. The fourth-order valence-corrected chi connectivity index (χ4v) is 5.74. The second-order valence-corrected chi connectivity index (χ2v) is 9.56. The van der Waals surface area contributed by atoms with E-state index in [9.17, 15) is 4.79 Å². The second kappa shape index (κ2) is 9.71. The average Bonchev–Trinajstić information content (AvgIpc) is 3.37. The summed E-state index contributed by atoms with van der Waals surface area (Å²) >= 11 is 3.22. The minimum atomic E-state index is -0.109. The molecule has 0 atom stereocenters. The Morgan fingerprint density at radius 1 is 1.06 bits per heavy atom. The topological polar surface area (TPSA) is 58.1 Å². The van der Waals surface area contributed by atoms with Crippen molar-refractivity contribution in [1.29, 1.82) is 0 Å². The first-order valence-electron chi connectivity index (χ1n) is 10.8. The lowest BCUT2D eigenvalue weighted by atomic mass is 10.0. The number of carbonyl (C=O) groups is 1. The molecule has 5 nitrogen and oxygen atoms in total. The van der Waals surface area contributed by atoms with Crippen LogP contribution in [0.4, 0.5) is 11.4 Å². The molecule has 3 heterocycles. The fourth-order valence-electron chi connectivity index (χ4n) is 4.12. The normalized spacial score (nSPS) is 13.9. The molecule has 1 N–H and O–H groups in total. The first-order valence-corrected chi connectivity index (χ1v) is 12.7. The van der Waals surface area contributed by atoms with Gasteiger partial charge >= 0.3 is 0 Å². The lowest BCUT2D eigenvalue weighted by Crippen LogP contribution is -2.29. The molecule has 0 unspecified atom stereocenters. The molecular weight excluding hydrogens is 436 g/mol. The van der Waals surface area contributed by atoms with Crippen LogP contribution in [-0.2, 0) is 5.75 Å². The van der Waals surface area contributed by atoms with E-state index in [1.165, 1.54) is 24.9 Å². The summed E-state index contributed by atoms with van der Waals surface area (Å²) in [5.41, 5.74) is 5.55. The van der Waals surface area contributed by atoms with Gasteiger partial charge < -0.3 is 10.2 Å². The predicted molar refractivity (Wildman–Crippen MR) is 134 cm³/mol. The minimum absolute atomic E-state index is 0.109. The summed E-state index contributed by atoms with van der Waals surface area (Å²) in [5.74, 6) is 0.632. The Labute approximate surface area is 195 Å². The molecule has 0 spiro atoms. The molecule has 4 aromatic rings. The van der Waals surface area contributed by atoms with E-state index in [0.717, 1.165) is 45.9 Å². The number of fused-ring (bicyclic) bond motifs is 1. The number of nitrogens with zero attached hydrogens (tertiary/aromatic N) is 3. The van der Waals surface area contributed by atoms with Crippen molar-refractivity contribution in [2.45, 2.75) is 29.9 Å². The largest absolute Gasteiger partial charge is 0.371 e. The van der Waals surface area contributed by atoms with Crippen LogP contribution in [0.3, 0.4) is 0 Å². The standard InChI is InChI=1S/C25H24N4OS2/c30-25(20-6-2-3-7-24(20)32-16-18-15-31-17-27-18)28-22-8-9-23(29-12-4-1-5-13-29)19-10-11-26-14-21(19)22/h2-3,6-11,14-15,17H,1,4-5,12-13,16H2,(H,28,30). The number of rotatable bonds is 6. The summed E-state index contributed by atoms with van der Waals surface area (Å²) in [5, 5.41) is 7.28. The highest BCUT2D eigenvalue weighted by atomic mass is 32.2. The summed E-state index contributed by atoms with van der Waals surface area (Å²) in [7, 11) is 0. The number of piperidine rings is 1. The van der Waals surface area contributed by atoms with Gasteiger partial charge in [0.25, 0.3) is 5.91 Å². The van der Waals surface area contributed by atoms with E-state index in [-0.39, 0.29) is 5.91 Å². The van der Waals surface area contributed by atoms with Crippen molar-refractivity contribution in [3.8, 4) is 0 Å². The maximum absolute atomic E-state index is 13.3. The number of benzene rings is 2. The Morgan fingerprint density at radius 2 is 1.94 bits per heavy atom. The highest BCUT2D eigenvalue weighted by Crippen LogP contribution is 2.34. The number of anilines is 2. The number of hydrogen-bond donors (Lipinski definition) is 1. The zero-order valence-corrected chi connectivity index (χ0v) is 19.3. The molecule has 32 heavy (non-hydrogen) atoms. The molecule has 2 aromatic carbocycles. The van der Waals surface area contributed by atoms with Gasteiger partial charge in [-0.1, -0.05) is 12.1 Å². The zero-order valence-electron chi connectivity index (χ0n) is 17.7. The molecule has 5 rings (SSSR count). The zero-order chi connectivity index (χ0) is 21.8. The molecule has 0 aliphatic carbocycles. The maximum Gasteiger partial charge on any atom is 0.256 e. The lowest BCUT2D eigenvalue weighted by Gasteiger charge is -2.30. The fraction of sp³-hybridized carbons (Fsp3) is 0.240. The van der Waals surface area contributed by atoms with Crippen molar-refractivity contribution in [2.24, 2.45) is 0 Å². The van der Waals surface area contributed by atoms with Crippen molar-refractivity contribution in [3.63, 3.8) is 0 Å². The van der Waals surface area contributed by atoms with Crippen LogP contribution in [0, 0.1) is 0 Å². The summed E-state index contributed by atoms with van der Waals surface area (Å²) in [6, 6.07) is 13.9. The molecular formula is C25H24N4OS2. The second-order valence-electron chi connectivity index (χ2n) is 7.82. The summed E-state index contributed by atoms with van der Waals surface area (Å²) in [6.07, 6.45) is 7.41. The summed E-state index contributed by atoms with van der Waals surface area (Å²) < 4.78 is 0. The Bertz CT molecular complexity index is 1220. The van der Waals surface area contributed by atoms with E-state index in [1.54, 1.807) is 23.1 Å². The van der Waals surface area contributed by atoms with E-state index in [1.807, 2.05) is 59.7 Å². The number of carbonyl (C=O) groups excluding carboxylic acids is 1. The van der Waals surface area contributed by atoms with Crippen LogP contribution in [0.5, 0.6) is 0 Å². The quantitative estimate of drug-likeness (QED) is 0.346. The molecule has 162 valence electrons. The van der Waals surface area contributed by atoms with Crippen molar-refractivity contribution < 1.29 is 4.79 Å². The van der Waals surface area contributed by atoms with Gasteiger partial charge in [-0.15, -0.1) is 23.1 Å². The SMILES string of the molecule is O=C(Nc1ccc(N2CCCCC2)c2ccncc12)c1ccccc1SCc1cscn1. The van der Waals surface area contributed by atoms with Gasteiger partial charge in [0.1, 0.15) is 0 Å². The van der Waals surface area contributed by atoms with Gasteiger partial charge in [-0.2, -0.15) is 0 Å². The van der Waals surface area contributed by atoms with Gasteiger partial charge in [0.2, 0.25) is 0 Å². The number of nitrogens with one attached hydrogen (secondary N) is 1. The third-order valence-corrected chi connectivity index (χ3v) is 7.47. The first kappa shape index (κ1) is 21.0. The minimum Gasteiger partial charge on any atom is -0.371 e. The smallest absolute Gasteiger partial charge is 0.256 e. The predicted octanol–water partition coefficient (Wildman–Crippen LogP) is 6.23. The number of thiazole rings is 1. The van der Waals surface area contributed by atoms with Gasteiger partial charge in [0.05, 0.1) is 22.5 Å². The number of thioether (sulfide) groups is 1. The van der Waals surface area contributed by atoms with E-state index in [4.69, 9.17) is 0 Å². The van der Waals surface area contributed by atoms with Gasteiger partial charge in [0, 0.05) is 58.0 Å². The molecule has 2 aromatic heterocycles. The highest BCUT2D eigenvalue weighted by molar-refractivity contribution is 7.98. The van der Waals surface area contributed by atoms with Crippen LogP contribution in [0.15, 0.2) is 70.6 Å². The molecule has 7 heteroatoms. The van der Waals surface area contributed by atoms with Crippen LogP contribution < -0.4 is 10.2 Å². The van der Waals surface area contributed by atoms with Crippen molar-refractivity contribution in [2.75, 3.05) is 23.3 Å². The summed E-state index contributed by atoms with van der Waals surface area (Å²) in [4.78, 5) is 25.3. The molecule has 1 saturated heterocycles. The molecule has 1 aliphatic rings. The first-order chi connectivity index (χ1) is 15.8. The van der Waals surface area contributed by atoms with E-state index >= 15 is 0 Å². The number of pyridine rings is 1. The van der Waals surface area contributed by atoms with Crippen LogP contribution in [0.25, 0.3) is 10.8 Å². The number of hydrogen-bond acceptors (Lipinski definition) is 6. The van der Waals surface area contributed by atoms with Gasteiger partial charge in [-0.3, -0.25) is 9.78 Å². The van der Waals surface area contributed by atoms with Crippen LogP contribution >= 0.6 is 23.1 Å². The molecule has 0 saturated carbocycles. The van der Waals surface area contributed by atoms with E-state index in [2.05, 4.69) is 26.3 Å². The molecule has 0 bridgehead atoms. The van der Waals surface area contributed by atoms with Gasteiger partial charge in [-0.25, -0.2) is 4.98 Å². The van der Waals surface area contributed by atoms with Crippen LogP contribution in [0.2, 0.25) is 0 Å². The molecule has 1 aliphatic heterocycles. The van der Waals surface area contributed by atoms with Crippen LogP contribution in [0.1, 0.15) is 35.3 Å². The van der Waals surface area contributed by atoms with Crippen molar-refractivity contribution in [1.82, 2.24) is 9.97 Å². The van der Waals surface area contributed by atoms with Crippen LogP contribution in [-0.4, -0.2) is 29.0 Å². The molecule has 0 radical (unpaired) electrons. The Balaban J connectivity index is 1.41. The van der Waals surface area contributed by atoms with E-state index < -0.39 is 0 Å². The van der Waals surface area contributed by atoms with E-state index in [0.29, 0.717) is 5.56 Å². The average molecular weight is 461 g/mol. The number of amides is 1. The monoisotopic (exact) mass is 460 g/mol. The molecule has 1 fully saturated rings. The van der Waals surface area contributed by atoms with Crippen molar-refractivity contribution >= 4 is 51.2 Å². The third-order valence-electron chi connectivity index (χ3n) is 5.73. The third kappa shape index (κ3) is 4.49. The van der Waals surface area contributed by atoms with Gasteiger partial charge in [-0.05, 0) is 49.6 Å². The highest BCUT2D eigenvalue weighted by Gasteiger charge is 2.17. The lowest BCUT2D eigenvalue weighted by molar-refractivity contribution is 0.102. The Morgan fingerprint density at radius 3 is 2.78 bits per heavy atom. The van der Waals surface area contributed by atoms with Gasteiger partial charge in [0.15, 0.2) is 0 Å². The Kier molecular flexibility index (Phi) is 6.36. The summed E-state index contributed by atoms with van der Waals surface area (Å²) in [6.45, 7) is 2.15. The van der Waals surface area contributed by atoms with Crippen molar-refractivity contribution in [3.05, 3.63) is 77.0 Å². The maximum atomic E-state index is 13.3. The Hall–Kier alpha value is -2.90.